The van der Waals surface area contributed by atoms with Gasteiger partial charge in [-0.1, -0.05) is 6.42 Å². The van der Waals surface area contributed by atoms with Crippen LogP contribution >= 0.6 is 0 Å². The highest BCUT2D eigenvalue weighted by atomic mass is 16.5. The number of nitrogens with one attached hydrogen (secondary N) is 1. The second-order valence-electron chi connectivity index (χ2n) is 5.10. The summed E-state index contributed by atoms with van der Waals surface area (Å²) in [4.78, 5) is 22.6. The van der Waals surface area contributed by atoms with Crippen LogP contribution in [0.2, 0.25) is 0 Å². The van der Waals surface area contributed by atoms with Gasteiger partial charge in [-0.2, -0.15) is 0 Å². The minimum atomic E-state index is -0.818. The highest BCUT2D eigenvalue weighted by molar-refractivity contribution is 5.74. The molecule has 5 nitrogen and oxygen atoms in total. The topological polar surface area (TPSA) is 75.6 Å². The Bertz CT molecular complexity index is 387. The van der Waals surface area contributed by atoms with E-state index in [-0.39, 0.29) is 17.8 Å². The normalized spacial score (nSPS) is 35.1. The molecule has 0 aromatic rings. The van der Waals surface area contributed by atoms with Crippen LogP contribution in [0.4, 0.5) is 0 Å². The lowest BCUT2D eigenvalue weighted by Gasteiger charge is -2.40. The molecule has 0 bridgehead atoms. The summed E-state index contributed by atoms with van der Waals surface area (Å²) in [5, 5.41) is 12.0. The lowest BCUT2D eigenvalue weighted by atomic mass is 9.69. The van der Waals surface area contributed by atoms with Gasteiger partial charge in [0.1, 0.15) is 12.1 Å². The number of hydrogen-bond acceptors (Lipinski definition) is 4. The summed E-state index contributed by atoms with van der Waals surface area (Å²) < 4.78 is 4.59. The molecule has 4 atom stereocenters. The predicted octanol–water partition coefficient (Wildman–Crippen LogP) is 0.599. The van der Waals surface area contributed by atoms with Crippen LogP contribution in [0.25, 0.3) is 0 Å². The van der Waals surface area contributed by atoms with Crippen LogP contribution in [0.1, 0.15) is 25.7 Å². The van der Waals surface area contributed by atoms with Gasteiger partial charge >= 0.3 is 11.9 Å². The van der Waals surface area contributed by atoms with Gasteiger partial charge in [-0.05, 0) is 44.1 Å². The number of rotatable bonds is 2. The molecule has 5 heteroatoms. The number of piperidine rings is 1. The summed E-state index contributed by atoms with van der Waals surface area (Å²) >= 11 is 0. The molecule has 2 rings (SSSR count). The van der Waals surface area contributed by atoms with E-state index in [2.05, 4.69) is 10.1 Å². The van der Waals surface area contributed by atoms with Gasteiger partial charge in [-0.15, -0.1) is 0 Å². The van der Waals surface area contributed by atoms with Crippen LogP contribution in [0.15, 0.2) is 0 Å². The molecule has 0 aromatic heterocycles. The quantitative estimate of drug-likeness (QED) is 0.555. The summed E-state index contributed by atoms with van der Waals surface area (Å²) in [6.07, 6.45) is 9.83. The third-order valence-corrected chi connectivity index (χ3v) is 4.10. The Balaban J connectivity index is 1.96. The van der Waals surface area contributed by atoms with Crippen LogP contribution in [0.3, 0.4) is 0 Å². The van der Waals surface area contributed by atoms with Crippen LogP contribution in [0.5, 0.6) is 0 Å². The van der Waals surface area contributed by atoms with E-state index in [0.717, 1.165) is 19.4 Å². The molecule has 1 heterocycles. The molecule has 1 aliphatic carbocycles. The van der Waals surface area contributed by atoms with Crippen LogP contribution in [-0.4, -0.2) is 29.6 Å². The van der Waals surface area contributed by atoms with Crippen LogP contribution < -0.4 is 5.32 Å². The maximum Gasteiger partial charge on any atom is 0.322 e. The molecule has 0 aromatic carbocycles. The van der Waals surface area contributed by atoms with Crippen molar-refractivity contribution in [3.05, 3.63) is 0 Å². The fraction of sp³-hybridized carbons (Fsp3) is 0.692. The van der Waals surface area contributed by atoms with E-state index in [1.54, 1.807) is 0 Å². The molecule has 2 N–H and O–H groups in total. The Kier molecular flexibility index (Phi) is 3.87. The Morgan fingerprint density at radius 1 is 1.28 bits per heavy atom. The van der Waals surface area contributed by atoms with Gasteiger partial charge < -0.3 is 15.2 Å². The predicted molar refractivity (Wildman–Crippen MR) is 63.3 cm³/mol. The third-order valence-electron chi connectivity index (χ3n) is 4.10. The second kappa shape index (κ2) is 5.40. The minimum Gasteiger partial charge on any atom is -0.480 e. The number of terminal acetylenes is 1. The van der Waals surface area contributed by atoms with Crippen molar-refractivity contribution < 1.29 is 19.4 Å². The van der Waals surface area contributed by atoms with Crippen molar-refractivity contribution in [3.8, 4) is 12.5 Å². The number of hydrogen-bond donors (Lipinski definition) is 2. The number of esters is 1. The number of carboxylic acids is 1. The Labute approximate surface area is 106 Å². The number of aliphatic carboxylic acids is 1. The Morgan fingerprint density at radius 3 is 2.72 bits per heavy atom. The minimum absolute atomic E-state index is 0.171. The highest BCUT2D eigenvalue weighted by Gasteiger charge is 2.39. The molecule has 0 radical (unpaired) electrons. The first-order valence-electron chi connectivity index (χ1n) is 6.24. The molecule has 1 saturated heterocycles. The molecule has 0 amide bonds. The van der Waals surface area contributed by atoms with Gasteiger partial charge in [0, 0.05) is 0 Å². The van der Waals surface area contributed by atoms with Crippen molar-refractivity contribution in [2.45, 2.75) is 31.7 Å². The van der Waals surface area contributed by atoms with E-state index in [4.69, 9.17) is 11.5 Å². The maximum atomic E-state index is 11.6. The van der Waals surface area contributed by atoms with E-state index in [1.807, 2.05) is 6.11 Å². The number of carbonyl (C=O) groups excluding carboxylic acids is 1. The summed E-state index contributed by atoms with van der Waals surface area (Å²) in [5.74, 6) is -0.593. The van der Waals surface area contributed by atoms with Gasteiger partial charge in [0.2, 0.25) is 0 Å². The van der Waals surface area contributed by atoms with Crippen LogP contribution in [0, 0.1) is 30.3 Å². The standard InChI is InChI=1S/C13H17NO4/c1-2-18-13(17)8-3-4-9-7-14-11(12(15)16)6-10(9)5-8/h1,8-11,14H,3-7H2,(H,15,16). The molecule has 18 heavy (non-hydrogen) atoms. The van der Waals surface area contributed by atoms with E-state index in [1.165, 1.54) is 0 Å². The molecule has 1 aliphatic heterocycles. The van der Waals surface area contributed by atoms with Gasteiger partial charge in [-0.3, -0.25) is 9.59 Å². The zero-order valence-corrected chi connectivity index (χ0v) is 10.1. The fourth-order valence-electron chi connectivity index (χ4n) is 3.11. The lowest BCUT2D eigenvalue weighted by Crippen LogP contribution is -2.50. The average molecular weight is 251 g/mol. The molecular formula is C13H17NO4. The number of carbonyl (C=O) groups is 2. The molecule has 2 fully saturated rings. The van der Waals surface area contributed by atoms with Crippen LogP contribution in [-0.2, 0) is 14.3 Å². The molecule has 98 valence electrons. The Morgan fingerprint density at radius 2 is 2.06 bits per heavy atom. The average Bonchev–Trinajstić information content (AvgIpc) is 2.37. The molecular weight excluding hydrogens is 234 g/mol. The summed E-state index contributed by atoms with van der Waals surface area (Å²) in [6.45, 7) is 0.721. The zero-order chi connectivity index (χ0) is 13.1. The van der Waals surface area contributed by atoms with Gasteiger partial charge in [0.25, 0.3) is 0 Å². The van der Waals surface area contributed by atoms with E-state index < -0.39 is 12.0 Å². The summed E-state index contributed by atoms with van der Waals surface area (Å²) in [7, 11) is 0. The smallest absolute Gasteiger partial charge is 0.322 e. The zero-order valence-electron chi connectivity index (χ0n) is 10.1. The van der Waals surface area contributed by atoms with E-state index in [9.17, 15) is 9.59 Å². The van der Waals surface area contributed by atoms with E-state index in [0.29, 0.717) is 18.8 Å². The summed E-state index contributed by atoms with van der Waals surface area (Å²) in [5.41, 5.74) is 0. The van der Waals surface area contributed by atoms with Gasteiger partial charge in [0.15, 0.2) is 0 Å². The van der Waals surface area contributed by atoms with Crippen molar-refractivity contribution in [2.24, 2.45) is 17.8 Å². The fourth-order valence-corrected chi connectivity index (χ4v) is 3.11. The van der Waals surface area contributed by atoms with Gasteiger partial charge in [-0.25, -0.2) is 0 Å². The van der Waals surface area contributed by atoms with Crippen molar-refractivity contribution in [3.63, 3.8) is 0 Å². The number of carboxylic acid groups (broad SMARTS) is 1. The number of ether oxygens (including phenoxy) is 1. The Hall–Kier alpha value is -1.54. The SMILES string of the molecule is C#COC(=O)C1CCC2CNC(C(=O)O)CC2C1. The lowest BCUT2D eigenvalue weighted by molar-refractivity contribution is -0.144. The van der Waals surface area contributed by atoms with Crippen molar-refractivity contribution in [1.82, 2.24) is 5.32 Å². The monoisotopic (exact) mass is 251 g/mol. The maximum absolute atomic E-state index is 11.6. The molecule has 2 aliphatic rings. The molecule has 4 unspecified atom stereocenters. The second-order valence-corrected chi connectivity index (χ2v) is 5.10. The van der Waals surface area contributed by atoms with Gasteiger partial charge in [0.05, 0.1) is 5.92 Å². The largest absolute Gasteiger partial charge is 0.480 e. The first-order chi connectivity index (χ1) is 8.61. The molecule has 0 spiro atoms. The van der Waals surface area contributed by atoms with Crippen molar-refractivity contribution in [1.29, 1.82) is 0 Å². The third kappa shape index (κ3) is 2.65. The first kappa shape index (κ1) is 12.9. The molecule has 1 saturated carbocycles. The van der Waals surface area contributed by atoms with Crippen molar-refractivity contribution in [2.75, 3.05) is 6.54 Å². The number of fused-ring (bicyclic) bond motifs is 1. The van der Waals surface area contributed by atoms with Crippen molar-refractivity contribution >= 4 is 11.9 Å². The first-order valence-corrected chi connectivity index (χ1v) is 6.24. The summed E-state index contributed by atoms with van der Waals surface area (Å²) in [6, 6.07) is -0.492. The highest BCUT2D eigenvalue weighted by Crippen LogP contribution is 2.38. The van der Waals surface area contributed by atoms with E-state index >= 15 is 0 Å².